The Morgan fingerprint density at radius 2 is 1.67 bits per heavy atom. The molecule has 39 heavy (non-hydrogen) atoms. The molecule has 5 rings (SSSR count). The quantitative estimate of drug-likeness (QED) is 0.242. The van der Waals surface area contributed by atoms with Gasteiger partial charge in [-0.05, 0) is 79.6 Å². The number of hydrogen-bond acceptors (Lipinski definition) is 6. The molecule has 2 heterocycles. The first-order valence-corrected chi connectivity index (χ1v) is 13.6. The Bertz CT molecular complexity index is 1420. The summed E-state index contributed by atoms with van der Waals surface area (Å²) < 4.78 is 11.9. The van der Waals surface area contributed by atoms with Gasteiger partial charge in [0.15, 0.2) is 0 Å². The molecule has 2 amide bonds. The summed E-state index contributed by atoms with van der Waals surface area (Å²) in [5.74, 6) is 3.11. The zero-order valence-electron chi connectivity index (χ0n) is 22.2. The molecule has 0 unspecified atom stereocenters. The second-order valence-electron chi connectivity index (χ2n) is 9.52. The van der Waals surface area contributed by atoms with E-state index in [9.17, 15) is 4.79 Å². The highest BCUT2D eigenvalue weighted by molar-refractivity contribution is 6.30. The first kappa shape index (κ1) is 26.6. The number of ether oxygens (including phenoxy) is 2. The molecular weight excluding hydrogens is 514 g/mol. The number of unbranched alkanes of at least 4 members (excludes halogenated alkanes) is 1. The van der Waals surface area contributed by atoms with Gasteiger partial charge in [-0.15, -0.1) is 0 Å². The Morgan fingerprint density at radius 1 is 0.974 bits per heavy atom. The van der Waals surface area contributed by atoms with E-state index in [1.165, 1.54) is 0 Å². The SMILES string of the molecule is CCCCOc1cc2c(N3CCN(C(=O)Nc4ccc(Oc5ccc(Cl)cc5)cc4)CC3)ncnc2cc1C. The number of carbonyl (C=O) groups excluding carboxylic acids is 1. The number of aromatic nitrogens is 2. The Balaban J connectivity index is 1.19. The zero-order valence-corrected chi connectivity index (χ0v) is 22.9. The number of piperazine rings is 1. The van der Waals surface area contributed by atoms with Gasteiger partial charge in [0.05, 0.1) is 12.1 Å². The molecule has 202 valence electrons. The third-order valence-electron chi connectivity index (χ3n) is 6.69. The lowest BCUT2D eigenvalue weighted by atomic mass is 10.1. The second kappa shape index (κ2) is 12.2. The third kappa shape index (κ3) is 6.52. The fourth-order valence-electron chi connectivity index (χ4n) is 4.48. The van der Waals surface area contributed by atoms with Crippen molar-refractivity contribution in [2.75, 3.05) is 43.0 Å². The van der Waals surface area contributed by atoms with Gasteiger partial charge in [0, 0.05) is 42.3 Å². The smallest absolute Gasteiger partial charge is 0.321 e. The summed E-state index contributed by atoms with van der Waals surface area (Å²) in [4.78, 5) is 26.1. The van der Waals surface area contributed by atoms with Gasteiger partial charge in [-0.3, -0.25) is 0 Å². The number of benzene rings is 3. The van der Waals surface area contributed by atoms with Crippen LogP contribution in [0.5, 0.6) is 17.2 Å². The first-order valence-electron chi connectivity index (χ1n) is 13.2. The summed E-state index contributed by atoms with van der Waals surface area (Å²) in [5, 5.41) is 4.61. The van der Waals surface area contributed by atoms with E-state index >= 15 is 0 Å². The van der Waals surface area contributed by atoms with Crippen LogP contribution in [0.3, 0.4) is 0 Å². The van der Waals surface area contributed by atoms with E-state index in [1.54, 1.807) is 18.5 Å². The summed E-state index contributed by atoms with van der Waals surface area (Å²) in [6.45, 7) is 7.40. The minimum atomic E-state index is -0.129. The molecule has 0 radical (unpaired) electrons. The summed E-state index contributed by atoms with van der Waals surface area (Å²) in [7, 11) is 0. The number of fused-ring (bicyclic) bond motifs is 1. The van der Waals surface area contributed by atoms with E-state index < -0.39 is 0 Å². The summed E-state index contributed by atoms with van der Waals surface area (Å²) in [5.41, 5.74) is 2.66. The van der Waals surface area contributed by atoms with E-state index in [1.807, 2.05) is 48.2 Å². The van der Waals surface area contributed by atoms with Crippen LogP contribution in [-0.4, -0.2) is 53.7 Å². The molecule has 0 spiro atoms. The van der Waals surface area contributed by atoms with Crippen molar-refractivity contribution in [1.29, 1.82) is 0 Å². The number of rotatable bonds is 8. The average molecular weight is 546 g/mol. The van der Waals surface area contributed by atoms with Gasteiger partial charge >= 0.3 is 6.03 Å². The van der Waals surface area contributed by atoms with Crippen LogP contribution in [0.4, 0.5) is 16.3 Å². The van der Waals surface area contributed by atoms with Gasteiger partial charge in [-0.25, -0.2) is 14.8 Å². The van der Waals surface area contributed by atoms with E-state index in [-0.39, 0.29) is 6.03 Å². The van der Waals surface area contributed by atoms with Crippen molar-refractivity contribution in [3.05, 3.63) is 77.6 Å². The molecule has 0 aliphatic carbocycles. The molecule has 3 aromatic carbocycles. The largest absolute Gasteiger partial charge is 0.493 e. The predicted octanol–water partition coefficient (Wildman–Crippen LogP) is 6.92. The van der Waals surface area contributed by atoms with Gasteiger partial charge in [0.1, 0.15) is 29.4 Å². The van der Waals surface area contributed by atoms with Crippen LogP contribution >= 0.6 is 11.6 Å². The first-order chi connectivity index (χ1) is 19.0. The van der Waals surface area contributed by atoms with Crippen LogP contribution in [0.2, 0.25) is 5.02 Å². The Morgan fingerprint density at radius 3 is 2.36 bits per heavy atom. The lowest BCUT2D eigenvalue weighted by Gasteiger charge is -2.35. The van der Waals surface area contributed by atoms with Crippen molar-refractivity contribution >= 4 is 40.0 Å². The highest BCUT2D eigenvalue weighted by Crippen LogP contribution is 2.31. The van der Waals surface area contributed by atoms with Crippen molar-refractivity contribution in [2.24, 2.45) is 0 Å². The lowest BCUT2D eigenvalue weighted by Crippen LogP contribution is -2.50. The number of halogens is 1. The number of carbonyl (C=O) groups is 1. The number of nitrogens with one attached hydrogen (secondary N) is 1. The zero-order chi connectivity index (χ0) is 27.2. The molecule has 0 saturated carbocycles. The summed E-state index contributed by atoms with van der Waals surface area (Å²) in [6, 6.07) is 18.5. The topological polar surface area (TPSA) is 79.8 Å². The Labute approximate surface area is 233 Å². The number of nitrogens with zero attached hydrogens (tertiary/aromatic N) is 4. The standard InChI is InChI=1S/C30H32ClN5O3/c1-3-4-17-38-28-19-26-27(18-21(28)2)32-20-33-29(26)35-13-15-36(16-14-35)30(37)34-23-7-11-25(12-8-23)39-24-9-5-22(31)6-10-24/h5-12,18-20H,3-4,13-17H2,1-2H3,(H,34,37). The molecule has 4 aromatic rings. The van der Waals surface area contributed by atoms with Crippen molar-refractivity contribution < 1.29 is 14.3 Å². The molecule has 1 N–H and O–H groups in total. The summed E-state index contributed by atoms with van der Waals surface area (Å²) >= 11 is 5.93. The monoisotopic (exact) mass is 545 g/mol. The van der Waals surface area contributed by atoms with Crippen LogP contribution in [-0.2, 0) is 0 Å². The molecule has 9 heteroatoms. The van der Waals surface area contributed by atoms with E-state index in [4.69, 9.17) is 21.1 Å². The normalized spacial score (nSPS) is 13.4. The molecule has 1 aromatic heterocycles. The lowest BCUT2D eigenvalue weighted by molar-refractivity contribution is 0.208. The van der Waals surface area contributed by atoms with Crippen LogP contribution in [0.25, 0.3) is 10.9 Å². The average Bonchev–Trinajstić information content (AvgIpc) is 2.95. The van der Waals surface area contributed by atoms with Crippen molar-refractivity contribution in [3.8, 4) is 17.2 Å². The minimum Gasteiger partial charge on any atom is -0.493 e. The summed E-state index contributed by atoms with van der Waals surface area (Å²) in [6.07, 6.45) is 3.71. The number of urea groups is 1. The van der Waals surface area contributed by atoms with Gasteiger partial charge in [-0.2, -0.15) is 0 Å². The second-order valence-corrected chi connectivity index (χ2v) is 9.96. The third-order valence-corrected chi connectivity index (χ3v) is 6.94. The predicted molar refractivity (Wildman–Crippen MR) is 155 cm³/mol. The maximum absolute atomic E-state index is 12.9. The van der Waals surface area contributed by atoms with Gasteiger partial charge in [0.2, 0.25) is 0 Å². The van der Waals surface area contributed by atoms with Crippen LogP contribution < -0.4 is 19.7 Å². The Kier molecular flexibility index (Phi) is 8.32. The molecular formula is C30H32ClN5O3. The van der Waals surface area contributed by atoms with E-state index in [0.717, 1.165) is 40.9 Å². The number of hydrogen-bond donors (Lipinski definition) is 1. The van der Waals surface area contributed by atoms with E-state index in [2.05, 4.69) is 39.2 Å². The van der Waals surface area contributed by atoms with Crippen LogP contribution in [0.1, 0.15) is 25.3 Å². The van der Waals surface area contributed by atoms with Crippen molar-refractivity contribution in [1.82, 2.24) is 14.9 Å². The van der Waals surface area contributed by atoms with Crippen LogP contribution in [0, 0.1) is 6.92 Å². The van der Waals surface area contributed by atoms with E-state index in [0.29, 0.717) is 55.0 Å². The van der Waals surface area contributed by atoms with Gasteiger partial charge in [0.25, 0.3) is 0 Å². The molecule has 8 nitrogen and oxygen atoms in total. The minimum absolute atomic E-state index is 0.129. The molecule has 1 fully saturated rings. The molecule has 1 aliphatic rings. The maximum Gasteiger partial charge on any atom is 0.321 e. The number of anilines is 2. The number of aryl methyl sites for hydroxylation is 1. The number of amides is 2. The Hall–Kier alpha value is -4.04. The fraction of sp³-hybridized carbons (Fsp3) is 0.300. The van der Waals surface area contributed by atoms with Gasteiger partial charge < -0.3 is 24.6 Å². The molecule has 0 atom stereocenters. The maximum atomic E-state index is 12.9. The molecule has 1 saturated heterocycles. The van der Waals surface area contributed by atoms with Gasteiger partial charge in [-0.1, -0.05) is 24.9 Å². The van der Waals surface area contributed by atoms with Crippen molar-refractivity contribution in [2.45, 2.75) is 26.7 Å². The molecule has 1 aliphatic heterocycles. The van der Waals surface area contributed by atoms with Crippen LogP contribution in [0.15, 0.2) is 67.0 Å². The van der Waals surface area contributed by atoms with Crippen molar-refractivity contribution in [3.63, 3.8) is 0 Å². The highest BCUT2D eigenvalue weighted by Gasteiger charge is 2.24. The molecule has 0 bridgehead atoms. The highest BCUT2D eigenvalue weighted by atomic mass is 35.5. The fourth-order valence-corrected chi connectivity index (χ4v) is 4.60.